The lowest BCUT2D eigenvalue weighted by Crippen LogP contribution is -2.49. The Hall–Kier alpha value is 0.270. The molecule has 0 spiro atoms. The van der Waals surface area contributed by atoms with Crippen LogP contribution in [0, 0.1) is 0 Å². The van der Waals surface area contributed by atoms with Crippen molar-refractivity contribution in [1.82, 2.24) is 4.90 Å². The van der Waals surface area contributed by atoms with E-state index in [0.717, 1.165) is 19.0 Å². The number of nitrogens with two attached hydrogens (primary N) is 1. The van der Waals surface area contributed by atoms with Crippen LogP contribution in [0.4, 0.5) is 0 Å². The Morgan fingerprint density at radius 2 is 2.31 bits per heavy atom. The molecule has 1 aliphatic rings. The van der Waals surface area contributed by atoms with Gasteiger partial charge in [0.05, 0.1) is 0 Å². The van der Waals surface area contributed by atoms with Crippen LogP contribution in [-0.2, 0) is 0 Å². The second-order valence-corrected chi connectivity index (χ2v) is 5.59. The van der Waals surface area contributed by atoms with E-state index in [4.69, 9.17) is 5.73 Å². The number of rotatable bonds is 4. The molecule has 78 valence electrons. The molecule has 0 radical (unpaired) electrons. The summed E-state index contributed by atoms with van der Waals surface area (Å²) in [6.07, 6.45) is 2.39. The average molecular weight is 202 g/mol. The first kappa shape index (κ1) is 11.3. The third kappa shape index (κ3) is 3.49. The molecule has 2 atom stereocenters. The van der Waals surface area contributed by atoms with Gasteiger partial charge in [-0.1, -0.05) is 6.92 Å². The largest absolute Gasteiger partial charge is 0.324 e. The van der Waals surface area contributed by atoms with Gasteiger partial charge in [-0.15, -0.1) is 0 Å². The molecular formula is C10H22N2S. The smallest absolute Gasteiger partial charge is 0.0252 e. The van der Waals surface area contributed by atoms with E-state index < -0.39 is 0 Å². The topological polar surface area (TPSA) is 29.3 Å². The predicted molar refractivity (Wildman–Crippen MR) is 61.2 cm³/mol. The Bertz CT molecular complexity index is 153. The van der Waals surface area contributed by atoms with Gasteiger partial charge in [0.25, 0.3) is 0 Å². The maximum Gasteiger partial charge on any atom is 0.0252 e. The van der Waals surface area contributed by atoms with Gasteiger partial charge in [0.15, 0.2) is 0 Å². The second-order valence-electron chi connectivity index (χ2n) is 4.44. The monoisotopic (exact) mass is 202 g/mol. The van der Waals surface area contributed by atoms with Crippen molar-refractivity contribution in [2.24, 2.45) is 5.73 Å². The van der Waals surface area contributed by atoms with E-state index in [9.17, 15) is 0 Å². The molecule has 0 saturated carbocycles. The van der Waals surface area contributed by atoms with Crippen molar-refractivity contribution in [3.8, 4) is 0 Å². The van der Waals surface area contributed by atoms with Crippen LogP contribution < -0.4 is 5.73 Å². The molecule has 0 amide bonds. The van der Waals surface area contributed by atoms with E-state index in [1.54, 1.807) is 0 Å². The first-order valence-electron chi connectivity index (χ1n) is 5.12. The van der Waals surface area contributed by atoms with Gasteiger partial charge in [0, 0.05) is 23.9 Å². The van der Waals surface area contributed by atoms with Gasteiger partial charge in [0.2, 0.25) is 0 Å². The standard InChI is InChI=1S/C10H22N2S/c1-4-10(2,11)8-12(3)9-5-6-13-7-9/h9H,4-8,11H2,1-3H3. The lowest BCUT2D eigenvalue weighted by atomic mass is 9.99. The van der Waals surface area contributed by atoms with Gasteiger partial charge in [-0.3, -0.25) is 0 Å². The minimum Gasteiger partial charge on any atom is -0.324 e. The molecule has 1 heterocycles. The molecule has 1 saturated heterocycles. The van der Waals surface area contributed by atoms with E-state index in [2.05, 4.69) is 37.6 Å². The first-order valence-corrected chi connectivity index (χ1v) is 6.27. The van der Waals surface area contributed by atoms with E-state index >= 15 is 0 Å². The highest BCUT2D eigenvalue weighted by atomic mass is 32.2. The van der Waals surface area contributed by atoms with Gasteiger partial charge in [-0.2, -0.15) is 11.8 Å². The molecule has 0 aromatic heterocycles. The van der Waals surface area contributed by atoms with Crippen LogP contribution in [0.1, 0.15) is 26.7 Å². The summed E-state index contributed by atoms with van der Waals surface area (Å²) in [7, 11) is 2.21. The van der Waals surface area contributed by atoms with Gasteiger partial charge in [-0.05, 0) is 32.6 Å². The number of nitrogens with zero attached hydrogens (tertiary/aromatic N) is 1. The number of likely N-dealkylation sites (N-methyl/N-ethyl adjacent to an activating group) is 1. The first-order chi connectivity index (χ1) is 6.05. The highest BCUT2D eigenvalue weighted by Gasteiger charge is 2.25. The lowest BCUT2D eigenvalue weighted by Gasteiger charge is -2.32. The lowest BCUT2D eigenvalue weighted by molar-refractivity contribution is 0.205. The van der Waals surface area contributed by atoms with Crippen molar-refractivity contribution in [2.45, 2.75) is 38.3 Å². The second kappa shape index (κ2) is 4.67. The van der Waals surface area contributed by atoms with E-state index in [1.165, 1.54) is 17.9 Å². The van der Waals surface area contributed by atoms with Crippen molar-refractivity contribution in [3.05, 3.63) is 0 Å². The highest BCUT2D eigenvalue weighted by molar-refractivity contribution is 7.99. The summed E-state index contributed by atoms with van der Waals surface area (Å²) in [4.78, 5) is 2.43. The Balaban J connectivity index is 2.35. The van der Waals surface area contributed by atoms with E-state index in [-0.39, 0.29) is 5.54 Å². The molecule has 0 bridgehead atoms. The Labute approximate surface area is 86.2 Å². The molecule has 13 heavy (non-hydrogen) atoms. The quantitative estimate of drug-likeness (QED) is 0.750. The fourth-order valence-electron chi connectivity index (χ4n) is 1.68. The van der Waals surface area contributed by atoms with Crippen LogP contribution in [0.25, 0.3) is 0 Å². The zero-order chi connectivity index (χ0) is 9.90. The Morgan fingerprint density at radius 1 is 1.62 bits per heavy atom. The van der Waals surface area contributed by atoms with Crippen molar-refractivity contribution < 1.29 is 0 Å². The van der Waals surface area contributed by atoms with Gasteiger partial charge < -0.3 is 10.6 Å². The van der Waals surface area contributed by atoms with Gasteiger partial charge in [0.1, 0.15) is 0 Å². The van der Waals surface area contributed by atoms with Crippen molar-refractivity contribution in [1.29, 1.82) is 0 Å². The molecule has 2 unspecified atom stereocenters. The molecule has 1 aliphatic heterocycles. The molecule has 2 nitrogen and oxygen atoms in total. The molecular weight excluding hydrogens is 180 g/mol. The SMILES string of the molecule is CCC(C)(N)CN(C)C1CCSC1. The van der Waals surface area contributed by atoms with Crippen molar-refractivity contribution >= 4 is 11.8 Å². The molecule has 0 aromatic carbocycles. The molecule has 0 aromatic rings. The summed E-state index contributed by atoms with van der Waals surface area (Å²) in [5.74, 6) is 2.61. The predicted octanol–water partition coefficient (Wildman–Crippen LogP) is 1.55. The number of hydrogen-bond acceptors (Lipinski definition) is 3. The van der Waals surface area contributed by atoms with Crippen molar-refractivity contribution in [3.63, 3.8) is 0 Å². The van der Waals surface area contributed by atoms with Crippen LogP contribution in [0.5, 0.6) is 0 Å². The minimum atomic E-state index is -0.0119. The zero-order valence-corrected chi connectivity index (χ0v) is 9.86. The maximum absolute atomic E-state index is 6.14. The van der Waals surface area contributed by atoms with Gasteiger partial charge >= 0.3 is 0 Å². The third-order valence-electron chi connectivity index (χ3n) is 2.95. The fraction of sp³-hybridized carbons (Fsp3) is 1.00. The Kier molecular flexibility index (Phi) is 4.07. The number of thioether (sulfide) groups is 1. The maximum atomic E-state index is 6.14. The minimum absolute atomic E-state index is 0.0119. The molecule has 1 rings (SSSR count). The Morgan fingerprint density at radius 3 is 2.77 bits per heavy atom. The summed E-state index contributed by atoms with van der Waals surface area (Å²) >= 11 is 2.06. The fourth-order valence-corrected chi connectivity index (χ4v) is 2.98. The summed E-state index contributed by atoms with van der Waals surface area (Å²) in [6, 6.07) is 0.763. The van der Waals surface area contributed by atoms with Gasteiger partial charge in [-0.25, -0.2) is 0 Å². The number of hydrogen-bond donors (Lipinski definition) is 1. The average Bonchev–Trinajstić information content (AvgIpc) is 2.55. The van der Waals surface area contributed by atoms with Crippen LogP contribution in [0.15, 0.2) is 0 Å². The van der Waals surface area contributed by atoms with Crippen LogP contribution >= 0.6 is 11.8 Å². The summed E-state index contributed by atoms with van der Waals surface area (Å²) < 4.78 is 0. The summed E-state index contributed by atoms with van der Waals surface area (Å²) in [5, 5.41) is 0. The molecule has 2 N–H and O–H groups in total. The molecule has 1 fully saturated rings. The molecule has 0 aliphatic carbocycles. The zero-order valence-electron chi connectivity index (χ0n) is 9.05. The van der Waals surface area contributed by atoms with E-state index in [0.29, 0.717) is 0 Å². The summed E-state index contributed by atoms with van der Waals surface area (Å²) in [5.41, 5.74) is 6.12. The normalized spacial score (nSPS) is 27.9. The molecule has 3 heteroatoms. The van der Waals surface area contributed by atoms with Crippen LogP contribution in [-0.4, -0.2) is 41.6 Å². The van der Waals surface area contributed by atoms with Crippen LogP contribution in [0.2, 0.25) is 0 Å². The van der Waals surface area contributed by atoms with Crippen molar-refractivity contribution in [2.75, 3.05) is 25.1 Å². The van der Waals surface area contributed by atoms with Crippen LogP contribution in [0.3, 0.4) is 0 Å². The highest BCUT2D eigenvalue weighted by Crippen LogP contribution is 2.22. The van der Waals surface area contributed by atoms with E-state index in [1.807, 2.05) is 0 Å². The third-order valence-corrected chi connectivity index (χ3v) is 4.09. The summed E-state index contributed by atoms with van der Waals surface area (Å²) in [6.45, 7) is 5.33.